The molecule has 0 amide bonds. The molecule has 2 rings (SSSR count). The number of benzene rings is 1. The third kappa shape index (κ3) is 3.04. The number of fused-ring (bicyclic) bond motifs is 1. The van der Waals surface area contributed by atoms with Crippen LogP contribution in [0.2, 0.25) is 0 Å². The van der Waals surface area contributed by atoms with E-state index in [0.29, 0.717) is 12.1 Å². The van der Waals surface area contributed by atoms with Gasteiger partial charge in [0.1, 0.15) is 5.82 Å². The van der Waals surface area contributed by atoms with Crippen LogP contribution < -0.4 is 0 Å². The van der Waals surface area contributed by atoms with Crippen LogP contribution in [-0.2, 0) is 13.1 Å². The van der Waals surface area contributed by atoms with Crippen molar-refractivity contribution in [2.75, 3.05) is 0 Å². The summed E-state index contributed by atoms with van der Waals surface area (Å²) < 4.78 is 2.38. The van der Waals surface area contributed by atoms with Crippen LogP contribution in [0, 0.1) is 0 Å². The second kappa shape index (κ2) is 6.40. The number of aryl methyl sites for hydroxylation is 1. The molecule has 0 aliphatic heterocycles. The molecule has 110 valence electrons. The van der Waals surface area contributed by atoms with Crippen molar-refractivity contribution in [3.8, 4) is 0 Å². The Labute approximate surface area is 122 Å². The lowest BCUT2D eigenvalue weighted by molar-refractivity contribution is 0.159. The average molecular weight is 273 g/mol. The molecule has 20 heavy (non-hydrogen) atoms. The summed E-state index contributed by atoms with van der Waals surface area (Å²) in [7, 11) is 0. The number of rotatable bonds is 6. The number of para-hydroxylation sites is 2. The first-order valence-corrected chi connectivity index (χ1v) is 7.74. The largest absolute Gasteiger partial charge is 0.327 e. The molecular formula is C17H27N3. The number of imidazole rings is 1. The minimum Gasteiger partial charge on any atom is -0.327 e. The lowest BCUT2D eigenvalue weighted by atomic mass is 10.2. The van der Waals surface area contributed by atoms with Crippen molar-refractivity contribution < 1.29 is 0 Å². The zero-order chi connectivity index (χ0) is 14.7. The Kier molecular flexibility index (Phi) is 4.81. The summed E-state index contributed by atoms with van der Waals surface area (Å²) in [6.45, 7) is 13.2. The van der Waals surface area contributed by atoms with Crippen LogP contribution in [0.5, 0.6) is 0 Å². The molecule has 0 saturated heterocycles. The fraction of sp³-hybridized carbons (Fsp3) is 0.588. The summed E-state index contributed by atoms with van der Waals surface area (Å²) in [5.41, 5.74) is 2.38. The number of hydrogen-bond acceptors (Lipinski definition) is 2. The van der Waals surface area contributed by atoms with E-state index in [0.717, 1.165) is 25.0 Å². The van der Waals surface area contributed by atoms with Crippen LogP contribution in [0.1, 0.15) is 46.9 Å². The molecule has 3 heteroatoms. The molecule has 0 aliphatic rings. The SMILES string of the molecule is CCCn1c(CN(C(C)C)C(C)C)nc2ccccc21. The van der Waals surface area contributed by atoms with Gasteiger partial charge in [-0.25, -0.2) is 4.98 Å². The van der Waals surface area contributed by atoms with Gasteiger partial charge in [-0.3, -0.25) is 4.90 Å². The van der Waals surface area contributed by atoms with Crippen LogP contribution in [-0.4, -0.2) is 26.5 Å². The molecule has 0 N–H and O–H groups in total. The Morgan fingerprint density at radius 3 is 2.35 bits per heavy atom. The van der Waals surface area contributed by atoms with Crippen molar-refractivity contribution in [3.05, 3.63) is 30.1 Å². The highest BCUT2D eigenvalue weighted by atomic mass is 15.2. The summed E-state index contributed by atoms with van der Waals surface area (Å²) in [4.78, 5) is 7.35. The Bertz CT molecular complexity index is 546. The first-order chi connectivity index (χ1) is 9.54. The van der Waals surface area contributed by atoms with E-state index in [2.05, 4.69) is 68.4 Å². The highest BCUT2D eigenvalue weighted by Crippen LogP contribution is 2.19. The molecule has 1 heterocycles. The predicted molar refractivity (Wildman–Crippen MR) is 85.8 cm³/mol. The Morgan fingerprint density at radius 2 is 1.75 bits per heavy atom. The van der Waals surface area contributed by atoms with E-state index in [-0.39, 0.29) is 0 Å². The van der Waals surface area contributed by atoms with Gasteiger partial charge in [0.25, 0.3) is 0 Å². The highest BCUT2D eigenvalue weighted by molar-refractivity contribution is 5.75. The van der Waals surface area contributed by atoms with Crippen LogP contribution in [0.15, 0.2) is 24.3 Å². The van der Waals surface area contributed by atoms with Crippen LogP contribution in [0.25, 0.3) is 11.0 Å². The van der Waals surface area contributed by atoms with Crippen molar-refractivity contribution in [1.82, 2.24) is 14.5 Å². The fourth-order valence-corrected chi connectivity index (χ4v) is 2.84. The second-order valence-electron chi connectivity index (χ2n) is 6.03. The number of nitrogens with zero attached hydrogens (tertiary/aromatic N) is 3. The minimum atomic E-state index is 0.532. The molecule has 0 radical (unpaired) electrons. The summed E-state index contributed by atoms with van der Waals surface area (Å²) in [5, 5.41) is 0. The zero-order valence-electron chi connectivity index (χ0n) is 13.4. The van der Waals surface area contributed by atoms with E-state index in [4.69, 9.17) is 4.98 Å². The molecule has 1 aromatic carbocycles. The van der Waals surface area contributed by atoms with Crippen molar-refractivity contribution in [1.29, 1.82) is 0 Å². The third-order valence-corrected chi connectivity index (χ3v) is 3.83. The first kappa shape index (κ1) is 15.0. The number of aromatic nitrogens is 2. The van der Waals surface area contributed by atoms with Gasteiger partial charge in [0.2, 0.25) is 0 Å². The standard InChI is InChI=1S/C17H27N3/c1-6-11-19-16-10-8-7-9-15(16)18-17(19)12-20(13(2)3)14(4)5/h7-10,13-14H,6,11-12H2,1-5H3. The van der Waals surface area contributed by atoms with Gasteiger partial charge in [-0.15, -0.1) is 0 Å². The molecule has 2 aromatic rings. The summed E-state index contributed by atoms with van der Waals surface area (Å²) in [6, 6.07) is 9.52. The third-order valence-electron chi connectivity index (χ3n) is 3.83. The van der Waals surface area contributed by atoms with E-state index in [1.165, 1.54) is 11.3 Å². The maximum absolute atomic E-state index is 4.86. The van der Waals surface area contributed by atoms with Gasteiger partial charge < -0.3 is 4.57 Å². The van der Waals surface area contributed by atoms with Crippen LogP contribution in [0.4, 0.5) is 0 Å². The Morgan fingerprint density at radius 1 is 1.10 bits per heavy atom. The van der Waals surface area contributed by atoms with E-state index in [1.54, 1.807) is 0 Å². The molecule has 0 bridgehead atoms. The Balaban J connectivity index is 2.39. The predicted octanol–water partition coefficient (Wildman–Crippen LogP) is 4.07. The van der Waals surface area contributed by atoms with Crippen molar-refractivity contribution in [3.63, 3.8) is 0 Å². The van der Waals surface area contributed by atoms with Gasteiger partial charge in [-0.05, 0) is 46.2 Å². The van der Waals surface area contributed by atoms with Crippen LogP contribution >= 0.6 is 0 Å². The second-order valence-corrected chi connectivity index (χ2v) is 6.03. The van der Waals surface area contributed by atoms with Gasteiger partial charge in [-0.2, -0.15) is 0 Å². The molecular weight excluding hydrogens is 246 g/mol. The molecule has 0 aliphatic carbocycles. The minimum absolute atomic E-state index is 0.532. The smallest absolute Gasteiger partial charge is 0.124 e. The fourth-order valence-electron chi connectivity index (χ4n) is 2.84. The summed E-state index contributed by atoms with van der Waals surface area (Å²) >= 11 is 0. The lowest BCUT2D eigenvalue weighted by Crippen LogP contribution is -2.37. The molecule has 0 saturated carbocycles. The molecule has 0 spiro atoms. The first-order valence-electron chi connectivity index (χ1n) is 7.74. The van der Waals surface area contributed by atoms with Crippen molar-refractivity contribution in [2.45, 2.75) is 66.2 Å². The van der Waals surface area contributed by atoms with E-state index in [9.17, 15) is 0 Å². The highest BCUT2D eigenvalue weighted by Gasteiger charge is 2.18. The average Bonchev–Trinajstić information content (AvgIpc) is 2.74. The lowest BCUT2D eigenvalue weighted by Gasteiger charge is -2.30. The van der Waals surface area contributed by atoms with E-state index < -0.39 is 0 Å². The molecule has 3 nitrogen and oxygen atoms in total. The molecule has 0 atom stereocenters. The van der Waals surface area contributed by atoms with Gasteiger partial charge >= 0.3 is 0 Å². The van der Waals surface area contributed by atoms with Gasteiger partial charge in [-0.1, -0.05) is 19.1 Å². The van der Waals surface area contributed by atoms with E-state index >= 15 is 0 Å². The zero-order valence-corrected chi connectivity index (χ0v) is 13.4. The van der Waals surface area contributed by atoms with Gasteiger partial charge in [0.15, 0.2) is 0 Å². The normalized spacial score (nSPS) is 12.2. The quantitative estimate of drug-likeness (QED) is 0.791. The Hall–Kier alpha value is -1.35. The maximum Gasteiger partial charge on any atom is 0.124 e. The number of hydrogen-bond donors (Lipinski definition) is 0. The topological polar surface area (TPSA) is 21.1 Å². The molecule has 0 unspecified atom stereocenters. The van der Waals surface area contributed by atoms with Gasteiger partial charge in [0.05, 0.1) is 17.6 Å². The summed E-state index contributed by atoms with van der Waals surface area (Å²) in [6.07, 6.45) is 1.14. The maximum atomic E-state index is 4.86. The molecule has 0 fully saturated rings. The van der Waals surface area contributed by atoms with Crippen molar-refractivity contribution in [2.24, 2.45) is 0 Å². The summed E-state index contributed by atoms with van der Waals surface area (Å²) in [5.74, 6) is 1.19. The van der Waals surface area contributed by atoms with Gasteiger partial charge in [0, 0.05) is 18.6 Å². The van der Waals surface area contributed by atoms with Crippen LogP contribution in [0.3, 0.4) is 0 Å². The monoisotopic (exact) mass is 273 g/mol. The van der Waals surface area contributed by atoms with Crippen molar-refractivity contribution >= 4 is 11.0 Å². The van der Waals surface area contributed by atoms with E-state index in [1.807, 2.05) is 0 Å². The molecule has 1 aromatic heterocycles.